The largest absolute Gasteiger partial charge is 0.481 e. The maximum Gasteiger partial charge on any atom is 0.308 e. The zero-order valence-corrected chi connectivity index (χ0v) is 11.6. The van der Waals surface area contributed by atoms with Crippen molar-refractivity contribution in [3.63, 3.8) is 0 Å². The van der Waals surface area contributed by atoms with Crippen LogP contribution < -0.4 is 5.32 Å². The van der Waals surface area contributed by atoms with E-state index in [9.17, 15) is 9.59 Å². The summed E-state index contributed by atoms with van der Waals surface area (Å²) in [5.74, 6) is -1.69. The van der Waals surface area contributed by atoms with Gasteiger partial charge in [-0.25, -0.2) is 0 Å². The Balaban J connectivity index is 2.63. The molecule has 106 valence electrons. The van der Waals surface area contributed by atoms with Crippen LogP contribution in [0.2, 0.25) is 0 Å². The summed E-state index contributed by atoms with van der Waals surface area (Å²) in [5.41, 5.74) is 1.30. The van der Waals surface area contributed by atoms with Crippen LogP contribution in [-0.4, -0.2) is 33.3 Å². The van der Waals surface area contributed by atoms with Gasteiger partial charge in [-0.2, -0.15) is 5.10 Å². The molecule has 1 aromatic heterocycles. The van der Waals surface area contributed by atoms with Gasteiger partial charge in [0.2, 0.25) is 0 Å². The molecule has 1 heterocycles. The Kier molecular flexibility index (Phi) is 5.54. The predicted molar refractivity (Wildman–Crippen MR) is 71.0 cm³/mol. The number of aryl methyl sites for hydroxylation is 2. The highest BCUT2D eigenvalue weighted by molar-refractivity contribution is 5.92. The van der Waals surface area contributed by atoms with Gasteiger partial charge in [0.15, 0.2) is 0 Å². The molecule has 2 N–H and O–H groups in total. The molecule has 0 spiro atoms. The number of carbonyl (C=O) groups is 2. The van der Waals surface area contributed by atoms with Crippen LogP contribution in [0.15, 0.2) is 6.07 Å². The number of aliphatic carboxylic acids is 1. The Labute approximate surface area is 112 Å². The van der Waals surface area contributed by atoms with E-state index in [-0.39, 0.29) is 12.5 Å². The molecule has 1 amide bonds. The molecular weight excluding hydrogens is 246 g/mol. The fourth-order valence-electron chi connectivity index (χ4n) is 1.88. The molecule has 1 atom stereocenters. The van der Waals surface area contributed by atoms with Crippen LogP contribution in [0.5, 0.6) is 0 Å². The summed E-state index contributed by atoms with van der Waals surface area (Å²) in [5, 5.41) is 15.9. The molecule has 0 bridgehead atoms. The average Bonchev–Trinajstić information content (AvgIpc) is 2.75. The molecule has 0 aliphatic heterocycles. The molecule has 19 heavy (non-hydrogen) atoms. The zero-order chi connectivity index (χ0) is 14.4. The standard InChI is InChI=1S/C13H21N3O3/c1-4-6-9(13(18)19)8-14-12(17)11-7-10(5-2)15-16(11)3/h7,9H,4-6,8H2,1-3H3,(H,14,17)(H,18,19). The van der Waals surface area contributed by atoms with E-state index < -0.39 is 11.9 Å². The SMILES string of the molecule is CCCC(CNC(=O)c1cc(CC)nn1C)C(=O)O. The number of carboxylic acids is 1. The minimum Gasteiger partial charge on any atom is -0.481 e. The van der Waals surface area contributed by atoms with Gasteiger partial charge in [0.25, 0.3) is 5.91 Å². The quantitative estimate of drug-likeness (QED) is 0.777. The second-order valence-electron chi connectivity index (χ2n) is 4.53. The lowest BCUT2D eigenvalue weighted by atomic mass is 10.0. The summed E-state index contributed by atoms with van der Waals surface area (Å²) in [6.45, 7) is 4.03. The van der Waals surface area contributed by atoms with Crippen molar-refractivity contribution in [2.75, 3.05) is 6.54 Å². The maximum absolute atomic E-state index is 12.0. The molecule has 1 unspecified atom stereocenters. The highest BCUT2D eigenvalue weighted by atomic mass is 16.4. The first-order valence-electron chi connectivity index (χ1n) is 6.53. The van der Waals surface area contributed by atoms with Crippen LogP contribution in [0.25, 0.3) is 0 Å². The summed E-state index contributed by atoms with van der Waals surface area (Å²) in [6, 6.07) is 1.73. The molecule has 0 aliphatic rings. The van der Waals surface area contributed by atoms with Gasteiger partial charge in [0, 0.05) is 13.6 Å². The average molecular weight is 267 g/mol. The Morgan fingerprint density at radius 3 is 2.63 bits per heavy atom. The number of nitrogens with one attached hydrogen (secondary N) is 1. The van der Waals surface area contributed by atoms with Gasteiger partial charge in [-0.3, -0.25) is 14.3 Å². The lowest BCUT2D eigenvalue weighted by Gasteiger charge is -2.12. The number of amides is 1. The van der Waals surface area contributed by atoms with Crippen LogP contribution in [0, 0.1) is 5.92 Å². The fourth-order valence-corrected chi connectivity index (χ4v) is 1.88. The van der Waals surface area contributed by atoms with Crippen molar-refractivity contribution in [2.45, 2.75) is 33.1 Å². The molecule has 0 fully saturated rings. The summed E-state index contributed by atoms with van der Waals surface area (Å²) in [6.07, 6.45) is 2.09. The van der Waals surface area contributed by atoms with E-state index in [4.69, 9.17) is 5.11 Å². The molecule has 0 radical (unpaired) electrons. The fraction of sp³-hybridized carbons (Fsp3) is 0.615. The lowest BCUT2D eigenvalue weighted by Crippen LogP contribution is -2.33. The van der Waals surface area contributed by atoms with Gasteiger partial charge in [0.05, 0.1) is 11.6 Å². The number of hydrogen-bond donors (Lipinski definition) is 2. The van der Waals surface area contributed by atoms with E-state index in [1.807, 2.05) is 13.8 Å². The van der Waals surface area contributed by atoms with Gasteiger partial charge >= 0.3 is 5.97 Å². The molecule has 0 aliphatic carbocycles. The number of aromatic nitrogens is 2. The number of nitrogens with zero attached hydrogens (tertiary/aromatic N) is 2. The van der Waals surface area contributed by atoms with Gasteiger partial charge in [-0.1, -0.05) is 20.3 Å². The normalized spacial score (nSPS) is 12.2. The molecule has 6 nitrogen and oxygen atoms in total. The maximum atomic E-state index is 12.0. The topological polar surface area (TPSA) is 84.2 Å². The molecule has 6 heteroatoms. The second-order valence-corrected chi connectivity index (χ2v) is 4.53. The highest BCUT2D eigenvalue weighted by Crippen LogP contribution is 2.07. The van der Waals surface area contributed by atoms with Crippen LogP contribution in [0.4, 0.5) is 0 Å². The van der Waals surface area contributed by atoms with E-state index in [0.717, 1.165) is 18.5 Å². The van der Waals surface area contributed by atoms with Gasteiger partial charge < -0.3 is 10.4 Å². The summed E-state index contributed by atoms with van der Waals surface area (Å²) in [7, 11) is 1.70. The van der Waals surface area contributed by atoms with Crippen molar-refractivity contribution in [1.82, 2.24) is 15.1 Å². The van der Waals surface area contributed by atoms with Crippen molar-refractivity contribution in [2.24, 2.45) is 13.0 Å². The second kappa shape index (κ2) is 6.92. The summed E-state index contributed by atoms with van der Waals surface area (Å²) < 4.78 is 1.52. The van der Waals surface area contributed by atoms with Crippen molar-refractivity contribution < 1.29 is 14.7 Å². The van der Waals surface area contributed by atoms with Gasteiger partial charge in [-0.05, 0) is 18.9 Å². The Morgan fingerprint density at radius 2 is 2.16 bits per heavy atom. The Morgan fingerprint density at radius 1 is 1.47 bits per heavy atom. The van der Waals surface area contributed by atoms with Crippen LogP contribution in [0.3, 0.4) is 0 Å². The minimum atomic E-state index is -0.874. The first-order chi connectivity index (χ1) is 8.99. The third-order valence-electron chi connectivity index (χ3n) is 3.02. The number of carboxylic acid groups (broad SMARTS) is 1. The van der Waals surface area contributed by atoms with Gasteiger partial charge in [-0.15, -0.1) is 0 Å². The summed E-state index contributed by atoms with van der Waals surface area (Å²) >= 11 is 0. The van der Waals surface area contributed by atoms with E-state index in [2.05, 4.69) is 10.4 Å². The molecule has 0 aromatic carbocycles. The minimum absolute atomic E-state index is 0.147. The van der Waals surface area contributed by atoms with Crippen LogP contribution in [-0.2, 0) is 18.3 Å². The number of carbonyl (C=O) groups excluding carboxylic acids is 1. The summed E-state index contributed by atoms with van der Waals surface area (Å²) in [4.78, 5) is 22.9. The number of rotatable bonds is 7. The van der Waals surface area contributed by atoms with Crippen molar-refractivity contribution in [3.8, 4) is 0 Å². The Bertz CT molecular complexity index is 454. The van der Waals surface area contributed by atoms with Crippen LogP contribution in [0.1, 0.15) is 42.9 Å². The molecular formula is C13H21N3O3. The molecule has 1 aromatic rings. The molecule has 0 saturated carbocycles. The first-order valence-corrected chi connectivity index (χ1v) is 6.53. The molecule has 0 saturated heterocycles. The van der Waals surface area contributed by atoms with E-state index >= 15 is 0 Å². The van der Waals surface area contributed by atoms with E-state index in [1.165, 1.54) is 4.68 Å². The lowest BCUT2D eigenvalue weighted by molar-refractivity contribution is -0.141. The third kappa shape index (κ3) is 4.08. The number of hydrogen-bond acceptors (Lipinski definition) is 3. The Hall–Kier alpha value is -1.85. The van der Waals surface area contributed by atoms with Gasteiger partial charge in [0.1, 0.15) is 5.69 Å². The predicted octanol–water partition coefficient (Wildman–Crippen LogP) is 1.21. The van der Waals surface area contributed by atoms with E-state index in [1.54, 1.807) is 13.1 Å². The zero-order valence-electron chi connectivity index (χ0n) is 11.6. The smallest absolute Gasteiger partial charge is 0.308 e. The molecule has 1 rings (SSSR count). The first kappa shape index (κ1) is 15.2. The van der Waals surface area contributed by atoms with Crippen molar-refractivity contribution in [3.05, 3.63) is 17.5 Å². The van der Waals surface area contributed by atoms with Crippen molar-refractivity contribution >= 4 is 11.9 Å². The highest BCUT2D eigenvalue weighted by Gasteiger charge is 2.19. The monoisotopic (exact) mass is 267 g/mol. The van der Waals surface area contributed by atoms with Crippen LogP contribution >= 0.6 is 0 Å². The van der Waals surface area contributed by atoms with Crippen molar-refractivity contribution in [1.29, 1.82) is 0 Å². The third-order valence-corrected chi connectivity index (χ3v) is 3.02. The van der Waals surface area contributed by atoms with E-state index in [0.29, 0.717) is 12.1 Å².